The van der Waals surface area contributed by atoms with Crippen molar-refractivity contribution in [1.82, 2.24) is 18.8 Å². The molecule has 1 aliphatic heterocycles. The molecule has 1 aromatic heterocycles. The molecule has 0 bridgehead atoms. The number of fused-ring (bicyclic) bond motifs is 1. The van der Waals surface area contributed by atoms with Crippen molar-refractivity contribution < 1.29 is 22.7 Å². The fourth-order valence-electron chi connectivity index (χ4n) is 4.87. The molecule has 12 heteroatoms. The molecule has 11 nitrogen and oxygen atoms in total. The Morgan fingerprint density at radius 2 is 1.74 bits per heavy atom. The molecule has 42 heavy (non-hydrogen) atoms. The topological polar surface area (TPSA) is 140 Å². The van der Waals surface area contributed by atoms with Gasteiger partial charge >= 0.3 is 0 Å². The first-order chi connectivity index (χ1) is 20.2. The Kier molecular flexibility index (Phi) is 8.57. The number of piperazine rings is 1. The van der Waals surface area contributed by atoms with Crippen molar-refractivity contribution in [2.45, 2.75) is 24.8 Å². The zero-order chi connectivity index (χ0) is 29.9. The van der Waals surface area contributed by atoms with Crippen LogP contribution >= 0.6 is 0 Å². The molecule has 2 amide bonds. The molecule has 3 N–H and O–H groups in total. The summed E-state index contributed by atoms with van der Waals surface area (Å²) in [4.78, 5) is 32.6. The van der Waals surface area contributed by atoms with Gasteiger partial charge in [0.1, 0.15) is 5.75 Å². The van der Waals surface area contributed by atoms with Gasteiger partial charge in [0.15, 0.2) is 0 Å². The van der Waals surface area contributed by atoms with Crippen LogP contribution < -0.4 is 15.8 Å². The minimum absolute atomic E-state index is 0.0536. The molecular formula is C30H34N6O5S. The van der Waals surface area contributed by atoms with E-state index in [1.165, 1.54) is 22.5 Å². The fraction of sp³-hybridized carbons (Fsp3) is 0.300. The van der Waals surface area contributed by atoms with Gasteiger partial charge in [0, 0.05) is 38.8 Å². The van der Waals surface area contributed by atoms with Gasteiger partial charge in [-0.25, -0.2) is 13.4 Å². The largest absolute Gasteiger partial charge is 0.493 e. The summed E-state index contributed by atoms with van der Waals surface area (Å²) in [6, 6.07) is 17.3. The first kappa shape index (κ1) is 29.2. The molecule has 0 spiro atoms. The zero-order valence-electron chi connectivity index (χ0n) is 23.6. The second-order valence-electron chi connectivity index (χ2n) is 10.3. The number of rotatable bonds is 10. The van der Waals surface area contributed by atoms with Crippen molar-refractivity contribution in [3.63, 3.8) is 0 Å². The van der Waals surface area contributed by atoms with Gasteiger partial charge in [0.25, 0.3) is 11.8 Å². The molecule has 1 aliphatic rings. The van der Waals surface area contributed by atoms with Gasteiger partial charge in [-0.2, -0.15) is 4.31 Å². The van der Waals surface area contributed by atoms with E-state index in [0.29, 0.717) is 50.2 Å². The van der Waals surface area contributed by atoms with Crippen molar-refractivity contribution in [3.8, 4) is 5.75 Å². The number of carbonyl (C=O) groups is 2. The predicted octanol–water partition coefficient (Wildman–Crippen LogP) is 3.16. The SMILES string of the molecule is CCCOc1cc(S(=O)(=O)N2CCN(C)CC2)ccc1C(=O)Nc1cc2ncn(Cc3ccccc3)c2cc1C(N)=O. The van der Waals surface area contributed by atoms with E-state index < -0.39 is 21.8 Å². The first-order valence-corrected chi connectivity index (χ1v) is 15.2. The van der Waals surface area contributed by atoms with Gasteiger partial charge in [-0.3, -0.25) is 9.59 Å². The van der Waals surface area contributed by atoms with Gasteiger partial charge in [-0.1, -0.05) is 37.3 Å². The maximum absolute atomic E-state index is 13.5. The second-order valence-corrected chi connectivity index (χ2v) is 12.2. The third-order valence-corrected chi connectivity index (χ3v) is 9.12. The number of anilines is 1. The summed E-state index contributed by atoms with van der Waals surface area (Å²) in [5.74, 6) is -1.15. The maximum Gasteiger partial charge on any atom is 0.259 e. The lowest BCUT2D eigenvalue weighted by atomic mass is 10.1. The van der Waals surface area contributed by atoms with E-state index in [9.17, 15) is 18.0 Å². The number of hydrogen-bond acceptors (Lipinski definition) is 7. The molecule has 0 atom stereocenters. The van der Waals surface area contributed by atoms with E-state index >= 15 is 0 Å². The molecule has 5 rings (SSSR count). The van der Waals surface area contributed by atoms with E-state index in [1.807, 2.05) is 48.9 Å². The molecule has 0 unspecified atom stereocenters. The molecule has 1 saturated heterocycles. The van der Waals surface area contributed by atoms with Gasteiger partial charge in [-0.15, -0.1) is 0 Å². The number of sulfonamides is 1. The number of ether oxygens (including phenoxy) is 1. The predicted molar refractivity (Wildman–Crippen MR) is 160 cm³/mol. The van der Waals surface area contributed by atoms with Crippen LogP contribution in [0.4, 0.5) is 5.69 Å². The summed E-state index contributed by atoms with van der Waals surface area (Å²) in [6.07, 6.45) is 2.33. The Morgan fingerprint density at radius 1 is 1.00 bits per heavy atom. The van der Waals surface area contributed by atoms with Gasteiger partial charge in [0.05, 0.1) is 45.7 Å². The number of benzene rings is 3. The fourth-order valence-corrected chi connectivity index (χ4v) is 6.31. The minimum Gasteiger partial charge on any atom is -0.493 e. The summed E-state index contributed by atoms with van der Waals surface area (Å²) in [7, 11) is -1.82. The Morgan fingerprint density at radius 3 is 2.43 bits per heavy atom. The van der Waals surface area contributed by atoms with Crippen LogP contribution in [0.3, 0.4) is 0 Å². The number of imidazole rings is 1. The van der Waals surface area contributed by atoms with Crippen LogP contribution in [0.15, 0.2) is 71.9 Å². The van der Waals surface area contributed by atoms with Crippen molar-refractivity contribution in [1.29, 1.82) is 0 Å². The molecular weight excluding hydrogens is 556 g/mol. The molecule has 0 aliphatic carbocycles. The molecule has 220 valence electrons. The lowest BCUT2D eigenvalue weighted by Crippen LogP contribution is -2.47. The molecule has 4 aromatic rings. The third-order valence-electron chi connectivity index (χ3n) is 7.23. The van der Waals surface area contributed by atoms with Gasteiger partial charge < -0.3 is 25.3 Å². The van der Waals surface area contributed by atoms with E-state index in [4.69, 9.17) is 10.5 Å². The van der Waals surface area contributed by atoms with E-state index in [-0.39, 0.29) is 34.1 Å². The first-order valence-electron chi connectivity index (χ1n) is 13.8. The average Bonchev–Trinajstić information content (AvgIpc) is 3.37. The number of carbonyl (C=O) groups excluding carboxylic acids is 2. The minimum atomic E-state index is -3.77. The highest BCUT2D eigenvalue weighted by atomic mass is 32.2. The summed E-state index contributed by atoms with van der Waals surface area (Å²) in [5.41, 5.74) is 8.49. The smallest absolute Gasteiger partial charge is 0.259 e. The van der Waals surface area contributed by atoms with E-state index in [1.54, 1.807) is 18.5 Å². The third kappa shape index (κ3) is 6.15. The highest BCUT2D eigenvalue weighted by Gasteiger charge is 2.29. The number of likely N-dealkylation sites (N-methyl/N-ethyl adjacent to an activating group) is 1. The van der Waals surface area contributed by atoms with Crippen molar-refractivity contribution in [2.24, 2.45) is 5.73 Å². The van der Waals surface area contributed by atoms with Crippen LogP contribution in [0.2, 0.25) is 0 Å². The van der Waals surface area contributed by atoms with Crippen LogP contribution in [0, 0.1) is 0 Å². The number of amides is 2. The lowest BCUT2D eigenvalue weighted by molar-refractivity contribution is 0.100. The monoisotopic (exact) mass is 590 g/mol. The van der Waals surface area contributed by atoms with Crippen LogP contribution in [0.1, 0.15) is 39.6 Å². The standard InChI is InChI=1S/C30H34N6O5S/c1-3-15-41-28-16-22(42(39,40)36-13-11-34(2)12-14-36)9-10-23(28)30(38)33-25-18-26-27(17-24(25)29(31)37)35(20-32-26)19-21-7-5-4-6-8-21/h4-10,16-18,20H,3,11-15,19H2,1-2H3,(H2,31,37)(H,33,38). The molecule has 0 radical (unpaired) electrons. The van der Waals surface area contributed by atoms with E-state index in [0.717, 1.165) is 5.56 Å². The maximum atomic E-state index is 13.5. The molecule has 2 heterocycles. The summed E-state index contributed by atoms with van der Waals surface area (Å²) >= 11 is 0. The van der Waals surface area contributed by atoms with Crippen molar-refractivity contribution >= 4 is 38.6 Å². The van der Waals surface area contributed by atoms with Crippen molar-refractivity contribution in [3.05, 3.63) is 83.7 Å². The van der Waals surface area contributed by atoms with Gasteiger partial charge in [-0.05, 0) is 43.3 Å². The van der Waals surface area contributed by atoms with E-state index in [2.05, 4.69) is 15.2 Å². The summed E-state index contributed by atoms with van der Waals surface area (Å²) < 4.78 is 35.9. The number of nitrogens with one attached hydrogen (secondary N) is 1. The quantitative estimate of drug-likeness (QED) is 0.289. The molecule has 1 fully saturated rings. The van der Waals surface area contributed by atoms with Crippen LogP contribution in [-0.2, 0) is 16.6 Å². The molecule has 3 aromatic carbocycles. The van der Waals surface area contributed by atoms with Gasteiger partial charge in [0.2, 0.25) is 10.0 Å². The number of nitrogens with two attached hydrogens (primary N) is 1. The Labute approximate surface area is 244 Å². The highest BCUT2D eigenvalue weighted by molar-refractivity contribution is 7.89. The Hall–Kier alpha value is -4.26. The zero-order valence-corrected chi connectivity index (χ0v) is 24.4. The lowest BCUT2D eigenvalue weighted by Gasteiger charge is -2.31. The average molecular weight is 591 g/mol. The second kappa shape index (κ2) is 12.3. The van der Waals surface area contributed by atoms with Crippen LogP contribution in [-0.4, -0.2) is 78.8 Å². The Bertz CT molecular complexity index is 1710. The number of primary amides is 1. The van der Waals surface area contributed by atoms with Crippen LogP contribution in [0.25, 0.3) is 11.0 Å². The molecule has 0 saturated carbocycles. The summed E-state index contributed by atoms with van der Waals surface area (Å²) in [6.45, 7) is 4.78. The normalized spacial score (nSPS) is 14.6. The highest BCUT2D eigenvalue weighted by Crippen LogP contribution is 2.29. The van der Waals surface area contributed by atoms with Crippen LogP contribution in [0.5, 0.6) is 5.75 Å². The summed E-state index contributed by atoms with van der Waals surface area (Å²) in [5, 5.41) is 2.77. The Balaban J connectivity index is 1.45. The number of aromatic nitrogens is 2. The number of hydrogen-bond donors (Lipinski definition) is 2. The van der Waals surface area contributed by atoms with Crippen molar-refractivity contribution in [2.75, 3.05) is 45.2 Å². The number of nitrogens with zero attached hydrogens (tertiary/aromatic N) is 4.